The van der Waals surface area contributed by atoms with Crippen LogP contribution < -0.4 is 11.0 Å². The van der Waals surface area contributed by atoms with E-state index in [2.05, 4.69) is 15.6 Å². The van der Waals surface area contributed by atoms with E-state index in [4.69, 9.17) is 0 Å². The monoisotopic (exact) mass is 380 g/mol. The van der Waals surface area contributed by atoms with Crippen molar-refractivity contribution in [2.75, 3.05) is 0 Å². The van der Waals surface area contributed by atoms with Crippen LogP contribution in [0.2, 0.25) is 0 Å². The number of unbranched alkanes of at least 4 members (excludes halogenated alkanes) is 1. The molecule has 0 spiro atoms. The molecule has 1 heterocycles. The number of carbonyl (C=O) groups is 1. The number of nitrogens with zero attached hydrogens (tertiary/aromatic N) is 3. The van der Waals surface area contributed by atoms with Gasteiger partial charge in [0.25, 0.3) is 11.5 Å². The summed E-state index contributed by atoms with van der Waals surface area (Å²) in [6.07, 6.45) is 2.86. The highest BCUT2D eigenvalue weighted by molar-refractivity contribution is 6.05. The van der Waals surface area contributed by atoms with Crippen LogP contribution in [0.5, 0.6) is 11.5 Å². The zero-order chi connectivity index (χ0) is 20.1. The lowest BCUT2D eigenvalue weighted by Gasteiger charge is -2.09. The smallest absolute Gasteiger partial charge is 0.292 e. The third-order valence-electron chi connectivity index (χ3n) is 4.22. The first-order valence-corrected chi connectivity index (χ1v) is 8.87. The molecule has 3 N–H and O–H groups in total. The van der Waals surface area contributed by atoms with E-state index in [1.54, 1.807) is 24.3 Å². The molecule has 8 heteroatoms. The molecular formula is C20H20N4O4. The minimum atomic E-state index is -0.586. The summed E-state index contributed by atoms with van der Waals surface area (Å²) in [4.78, 5) is 25.2. The summed E-state index contributed by atoms with van der Waals surface area (Å²) in [5.41, 5.74) is 2.44. The van der Waals surface area contributed by atoms with Gasteiger partial charge in [-0.15, -0.1) is 0 Å². The lowest BCUT2D eigenvalue weighted by atomic mass is 10.1. The van der Waals surface area contributed by atoms with Crippen molar-refractivity contribution in [3.63, 3.8) is 0 Å². The first kappa shape index (κ1) is 19.1. The maximum Gasteiger partial charge on any atom is 0.292 e. The van der Waals surface area contributed by atoms with Gasteiger partial charge in [-0.2, -0.15) is 10.2 Å². The number of rotatable bonds is 6. The molecule has 0 fully saturated rings. The van der Waals surface area contributed by atoms with E-state index < -0.39 is 5.91 Å². The van der Waals surface area contributed by atoms with Gasteiger partial charge in [-0.1, -0.05) is 37.6 Å². The zero-order valence-corrected chi connectivity index (χ0v) is 15.3. The Balaban J connectivity index is 1.92. The van der Waals surface area contributed by atoms with Crippen LogP contribution >= 0.6 is 0 Å². The van der Waals surface area contributed by atoms with Gasteiger partial charge in [0, 0.05) is 17.5 Å². The van der Waals surface area contributed by atoms with Crippen LogP contribution in [0.4, 0.5) is 0 Å². The molecule has 0 aliphatic carbocycles. The van der Waals surface area contributed by atoms with Gasteiger partial charge in [-0.3, -0.25) is 9.59 Å². The predicted octanol–water partition coefficient (Wildman–Crippen LogP) is 2.37. The highest BCUT2D eigenvalue weighted by Gasteiger charge is 2.16. The van der Waals surface area contributed by atoms with Gasteiger partial charge >= 0.3 is 0 Å². The summed E-state index contributed by atoms with van der Waals surface area (Å²) in [5.74, 6) is -1.21. The molecule has 8 nitrogen and oxygen atoms in total. The van der Waals surface area contributed by atoms with E-state index >= 15 is 0 Å². The van der Waals surface area contributed by atoms with Gasteiger partial charge in [0.1, 0.15) is 0 Å². The number of hydrogen-bond acceptors (Lipinski definition) is 6. The molecule has 0 bridgehead atoms. The number of fused-ring (bicyclic) bond motifs is 1. The van der Waals surface area contributed by atoms with Crippen molar-refractivity contribution in [1.82, 2.24) is 15.2 Å². The molecule has 3 aromatic rings. The topological polar surface area (TPSA) is 117 Å². The summed E-state index contributed by atoms with van der Waals surface area (Å²) in [6, 6.07) is 11.2. The molecule has 2 aromatic carbocycles. The average Bonchev–Trinajstić information content (AvgIpc) is 2.70. The standard InChI is InChI=1S/C20H20N4O4/c1-2-3-11-24-20(28)15-9-5-4-8-14(15)17(23-24)19(27)22-21-12-13-7-6-10-16(25)18(13)26/h4-10,12,25-26H,2-3,11H2,1H3,(H,22,27)/b21-12+. The average molecular weight is 380 g/mol. The Morgan fingerprint density at radius 2 is 1.93 bits per heavy atom. The number of aryl methyl sites for hydroxylation is 1. The first-order chi connectivity index (χ1) is 13.5. The van der Waals surface area contributed by atoms with E-state index in [9.17, 15) is 19.8 Å². The predicted molar refractivity (Wildman–Crippen MR) is 106 cm³/mol. The van der Waals surface area contributed by atoms with Crippen LogP contribution in [0.3, 0.4) is 0 Å². The molecular weight excluding hydrogens is 360 g/mol. The number of carbonyl (C=O) groups excluding carboxylic acids is 1. The number of phenolic OH excluding ortho intramolecular Hbond substituents is 2. The van der Waals surface area contributed by atoms with Crippen molar-refractivity contribution in [1.29, 1.82) is 0 Å². The van der Waals surface area contributed by atoms with Crippen molar-refractivity contribution >= 4 is 22.9 Å². The zero-order valence-electron chi connectivity index (χ0n) is 15.3. The van der Waals surface area contributed by atoms with E-state index in [1.807, 2.05) is 6.92 Å². The molecule has 144 valence electrons. The fraction of sp³-hybridized carbons (Fsp3) is 0.200. The Hall–Kier alpha value is -3.68. The first-order valence-electron chi connectivity index (χ1n) is 8.87. The Labute approximate surface area is 160 Å². The van der Waals surface area contributed by atoms with Crippen molar-refractivity contribution in [2.24, 2.45) is 5.10 Å². The van der Waals surface area contributed by atoms with Gasteiger partial charge in [0.2, 0.25) is 0 Å². The maximum atomic E-state index is 12.6. The SMILES string of the molecule is CCCCn1nc(C(=O)N/N=C/c2cccc(O)c2O)c2ccccc2c1=O. The van der Waals surface area contributed by atoms with Crippen LogP contribution in [0, 0.1) is 0 Å². The molecule has 0 saturated carbocycles. The summed E-state index contributed by atoms with van der Waals surface area (Å²) >= 11 is 0. The number of hydrazone groups is 1. The van der Waals surface area contributed by atoms with Crippen LogP contribution in [-0.4, -0.2) is 32.1 Å². The number of amides is 1. The fourth-order valence-corrected chi connectivity index (χ4v) is 2.73. The number of aromatic nitrogens is 2. The van der Waals surface area contributed by atoms with Crippen molar-refractivity contribution in [3.8, 4) is 11.5 Å². The second-order valence-corrected chi connectivity index (χ2v) is 6.19. The molecule has 0 atom stereocenters. The van der Waals surface area contributed by atoms with Gasteiger partial charge in [0.05, 0.1) is 11.6 Å². The summed E-state index contributed by atoms with van der Waals surface area (Å²) < 4.78 is 1.30. The van der Waals surface area contributed by atoms with Crippen molar-refractivity contribution < 1.29 is 15.0 Å². The summed E-state index contributed by atoms with van der Waals surface area (Å²) in [6.45, 7) is 2.42. The van der Waals surface area contributed by atoms with Gasteiger partial charge < -0.3 is 10.2 Å². The van der Waals surface area contributed by atoms with E-state index in [0.29, 0.717) is 17.3 Å². The highest BCUT2D eigenvalue weighted by atomic mass is 16.3. The number of nitrogens with one attached hydrogen (secondary N) is 1. The third-order valence-corrected chi connectivity index (χ3v) is 4.22. The summed E-state index contributed by atoms with van der Waals surface area (Å²) in [7, 11) is 0. The molecule has 3 rings (SSSR count). The van der Waals surface area contributed by atoms with E-state index in [-0.39, 0.29) is 28.3 Å². The molecule has 28 heavy (non-hydrogen) atoms. The number of aromatic hydroxyl groups is 2. The van der Waals surface area contributed by atoms with Crippen molar-refractivity contribution in [3.05, 3.63) is 64.1 Å². The lowest BCUT2D eigenvalue weighted by Crippen LogP contribution is -2.29. The highest BCUT2D eigenvalue weighted by Crippen LogP contribution is 2.26. The summed E-state index contributed by atoms with van der Waals surface area (Å²) in [5, 5.41) is 28.1. The Kier molecular flexibility index (Phi) is 5.69. The molecule has 0 aliphatic rings. The molecule has 0 saturated heterocycles. The number of phenols is 2. The minimum Gasteiger partial charge on any atom is -0.504 e. The number of hydrogen-bond donors (Lipinski definition) is 3. The van der Waals surface area contributed by atoms with E-state index in [0.717, 1.165) is 12.8 Å². The molecule has 0 unspecified atom stereocenters. The van der Waals surface area contributed by atoms with Crippen LogP contribution in [0.15, 0.2) is 52.4 Å². The Bertz CT molecular complexity index is 1110. The third kappa shape index (κ3) is 3.85. The van der Waals surface area contributed by atoms with Gasteiger partial charge in [-0.25, -0.2) is 10.1 Å². The minimum absolute atomic E-state index is 0.0867. The number of benzene rings is 2. The normalized spacial score (nSPS) is 11.2. The van der Waals surface area contributed by atoms with E-state index in [1.165, 1.54) is 29.1 Å². The number of para-hydroxylation sites is 1. The van der Waals surface area contributed by atoms with Crippen LogP contribution in [0.1, 0.15) is 35.8 Å². The second-order valence-electron chi connectivity index (χ2n) is 6.19. The molecule has 1 aromatic heterocycles. The molecule has 0 aliphatic heterocycles. The van der Waals surface area contributed by atoms with Crippen LogP contribution in [0.25, 0.3) is 10.8 Å². The lowest BCUT2D eigenvalue weighted by molar-refractivity contribution is 0.0949. The quantitative estimate of drug-likeness (QED) is 0.345. The second kappa shape index (κ2) is 8.34. The molecule has 1 amide bonds. The Morgan fingerprint density at radius 1 is 1.18 bits per heavy atom. The van der Waals surface area contributed by atoms with Crippen LogP contribution in [-0.2, 0) is 6.54 Å². The fourth-order valence-electron chi connectivity index (χ4n) is 2.73. The Morgan fingerprint density at radius 3 is 2.68 bits per heavy atom. The van der Waals surface area contributed by atoms with Gasteiger partial charge in [0.15, 0.2) is 17.2 Å². The van der Waals surface area contributed by atoms with Crippen molar-refractivity contribution in [2.45, 2.75) is 26.3 Å². The maximum absolute atomic E-state index is 12.6. The van der Waals surface area contributed by atoms with Gasteiger partial charge in [-0.05, 0) is 24.6 Å². The largest absolute Gasteiger partial charge is 0.504 e. The molecule has 0 radical (unpaired) electrons.